The van der Waals surface area contributed by atoms with Crippen LogP contribution in [0.4, 0.5) is 10.5 Å². The van der Waals surface area contributed by atoms with Gasteiger partial charge < -0.3 is 21.3 Å². The van der Waals surface area contributed by atoms with Gasteiger partial charge in [-0.25, -0.2) is 4.79 Å². The fourth-order valence-corrected chi connectivity index (χ4v) is 3.81. The molecule has 1 heterocycles. The van der Waals surface area contributed by atoms with Crippen molar-refractivity contribution in [3.05, 3.63) is 30.3 Å². The summed E-state index contributed by atoms with van der Waals surface area (Å²) in [7, 11) is 0. The van der Waals surface area contributed by atoms with Gasteiger partial charge in [0.1, 0.15) is 0 Å². The van der Waals surface area contributed by atoms with Gasteiger partial charge in [-0.2, -0.15) is 0 Å². The number of nitrogens with two attached hydrogens (primary N) is 1. The lowest BCUT2D eigenvalue weighted by Crippen LogP contribution is -2.58. The molecule has 3 rings (SSSR count). The van der Waals surface area contributed by atoms with E-state index >= 15 is 0 Å². The third kappa shape index (κ3) is 4.51. The summed E-state index contributed by atoms with van der Waals surface area (Å²) in [4.78, 5) is 26.7. The molecule has 1 saturated heterocycles. The number of carbonyl (C=O) groups excluding carboxylic acids is 2. The number of piperidine rings is 1. The summed E-state index contributed by atoms with van der Waals surface area (Å²) in [5.74, 6) is 0.0967. The van der Waals surface area contributed by atoms with Crippen molar-refractivity contribution in [2.45, 2.75) is 56.5 Å². The zero-order valence-corrected chi connectivity index (χ0v) is 14.7. The summed E-state index contributed by atoms with van der Waals surface area (Å²) < 4.78 is 0. The third-order valence-corrected chi connectivity index (χ3v) is 5.32. The first kappa shape index (κ1) is 17.7. The van der Waals surface area contributed by atoms with Crippen LogP contribution in [0.15, 0.2) is 30.3 Å². The molecule has 6 nitrogen and oxygen atoms in total. The summed E-state index contributed by atoms with van der Waals surface area (Å²) in [5.41, 5.74) is 6.47. The number of benzene rings is 1. The highest BCUT2D eigenvalue weighted by Gasteiger charge is 2.39. The first-order chi connectivity index (χ1) is 12.1. The van der Waals surface area contributed by atoms with Gasteiger partial charge in [0, 0.05) is 24.8 Å². The fraction of sp³-hybridized carbons (Fsp3) is 0.579. The minimum Gasteiger partial charge on any atom is -0.341 e. The van der Waals surface area contributed by atoms with E-state index in [-0.39, 0.29) is 18.0 Å². The second kappa shape index (κ2) is 7.87. The Morgan fingerprint density at radius 3 is 2.32 bits per heavy atom. The van der Waals surface area contributed by atoms with Gasteiger partial charge in [-0.3, -0.25) is 4.79 Å². The third-order valence-electron chi connectivity index (χ3n) is 5.32. The molecular weight excluding hydrogens is 316 g/mol. The van der Waals surface area contributed by atoms with Crippen LogP contribution in [-0.4, -0.2) is 41.5 Å². The number of nitrogens with zero attached hydrogens (tertiary/aromatic N) is 1. The van der Waals surface area contributed by atoms with E-state index in [4.69, 9.17) is 5.73 Å². The van der Waals surface area contributed by atoms with E-state index in [2.05, 4.69) is 10.6 Å². The lowest BCUT2D eigenvalue weighted by atomic mass is 9.81. The lowest BCUT2D eigenvalue weighted by Gasteiger charge is -2.40. The van der Waals surface area contributed by atoms with Gasteiger partial charge in [0.2, 0.25) is 5.91 Å². The number of rotatable bonds is 3. The van der Waals surface area contributed by atoms with Gasteiger partial charge >= 0.3 is 6.03 Å². The van der Waals surface area contributed by atoms with Crippen LogP contribution in [0, 0.1) is 0 Å². The molecule has 1 aromatic carbocycles. The number of para-hydroxylation sites is 1. The second-order valence-corrected chi connectivity index (χ2v) is 7.25. The molecule has 0 unspecified atom stereocenters. The summed E-state index contributed by atoms with van der Waals surface area (Å²) >= 11 is 0. The van der Waals surface area contributed by atoms with Crippen LogP contribution in [0.1, 0.15) is 44.9 Å². The predicted molar refractivity (Wildman–Crippen MR) is 98.2 cm³/mol. The molecule has 25 heavy (non-hydrogen) atoms. The van der Waals surface area contributed by atoms with Crippen molar-refractivity contribution < 1.29 is 9.59 Å². The fourth-order valence-electron chi connectivity index (χ4n) is 3.81. The Labute approximate surface area is 149 Å². The lowest BCUT2D eigenvalue weighted by molar-refractivity contribution is -0.139. The molecule has 0 spiro atoms. The second-order valence-electron chi connectivity index (χ2n) is 7.25. The number of hydrogen-bond donors (Lipinski definition) is 3. The molecule has 136 valence electrons. The largest absolute Gasteiger partial charge is 0.341 e. The summed E-state index contributed by atoms with van der Waals surface area (Å²) in [6.07, 6.45) is 6.38. The van der Waals surface area contributed by atoms with Crippen LogP contribution >= 0.6 is 0 Å². The van der Waals surface area contributed by atoms with Crippen LogP contribution < -0.4 is 16.4 Å². The molecule has 4 N–H and O–H groups in total. The van der Waals surface area contributed by atoms with Crippen molar-refractivity contribution in [1.29, 1.82) is 0 Å². The van der Waals surface area contributed by atoms with Crippen LogP contribution in [0.3, 0.4) is 0 Å². The number of hydrogen-bond acceptors (Lipinski definition) is 3. The van der Waals surface area contributed by atoms with E-state index in [1.54, 1.807) is 0 Å². The average Bonchev–Trinajstić information content (AvgIpc) is 2.63. The summed E-state index contributed by atoms with van der Waals surface area (Å²) in [6, 6.07) is 9.27. The van der Waals surface area contributed by atoms with Crippen molar-refractivity contribution in [2.24, 2.45) is 5.73 Å². The normalized spacial score (nSPS) is 20.8. The number of anilines is 1. The number of nitrogens with one attached hydrogen (secondary N) is 2. The highest BCUT2D eigenvalue weighted by Crippen LogP contribution is 2.28. The molecule has 0 radical (unpaired) electrons. The molecule has 2 aliphatic rings. The molecule has 1 aromatic rings. The standard InChI is InChI=1S/C19H28N4O2/c20-19(11-5-2-6-12-19)17(24)23-13-9-16(10-14-23)22-18(25)21-15-7-3-1-4-8-15/h1,3-4,7-8,16H,2,5-6,9-14,20H2,(H2,21,22,25). The molecule has 1 aliphatic heterocycles. The minimum absolute atomic E-state index is 0.0906. The molecule has 1 aliphatic carbocycles. The van der Waals surface area contributed by atoms with Gasteiger partial charge in [0.25, 0.3) is 0 Å². The molecule has 2 fully saturated rings. The number of carbonyl (C=O) groups is 2. The Balaban J connectivity index is 1.45. The maximum absolute atomic E-state index is 12.7. The monoisotopic (exact) mass is 344 g/mol. The van der Waals surface area contributed by atoms with E-state index in [0.717, 1.165) is 44.2 Å². The van der Waals surface area contributed by atoms with E-state index < -0.39 is 5.54 Å². The quantitative estimate of drug-likeness (QED) is 0.787. The average molecular weight is 344 g/mol. The Bertz CT molecular complexity index is 591. The number of urea groups is 1. The highest BCUT2D eigenvalue weighted by atomic mass is 16.2. The van der Waals surface area contributed by atoms with Crippen molar-refractivity contribution in [3.8, 4) is 0 Å². The van der Waals surface area contributed by atoms with Crippen LogP contribution in [0.25, 0.3) is 0 Å². The topological polar surface area (TPSA) is 87.5 Å². The van der Waals surface area contributed by atoms with E-state index in [0.29, 0.717) is 13.1 Å². The molecule has 0 atom stereocenters. The first-order valence-corrected chi connectivity index (χ1v) is 9.28. The highest BCUT2D eigenvalue weighted by molar-refractivity contribution is 5.89. The zero-order valence-electron chi connectivity index (χ0n) is 14.7. The number of likely N-dealkylation sites (tertiary alicyclic amines) is 1. The van der Waals surface area contributed by atoms with Gasteiger partial charge in [-0.05, 0) is 37.8 Å². The molecule has 0 aromatic heterocycles. The summed E-state index contributed by atoms with van der Waals surface area (Å²) in [6.45, 7) is 1.32. The van der Waals surface area contributed by atoms with Crippen molar-refractivity contribution in [2.75, 3.05) is 18.4 Å². The van der Waals surface area contributed by atoms with Gasteiger partial charge in [-0.1, -0.05) is 37.5 Å². The maximum Gasteiger partial charge on any atom is 0.319 e. The SMILES string of the molecule is NC1(C(=O)N2CCC(NC(=O)Nc3ccccc3)CC2)CCCCC1. The Morgan fingerprint density at radius 1 is 1.04 bits per heavy atom. The van der Waals surface area contributed by atoms with Crippen molar-refractivity contribution in [3.63, 3.8) is 0 Å². The molecular formula is C19H28N4O2. The molecule has 3 amide bonds. The van der Waals surface area contributed by atoms with Gasteiger partial charge in [0.15, 0.2) is 0 Å². The molecule has 6 heteroatoms. The summed E-state index contributed by atoms with van der Waals surface area (Å²) in [5, 5.41) is 5.83. The predicted octanol–water partition coefficient (Wildman–Crippen LogP) is 2.46. The van der Waals surface area contributed by atoms with E-state index in [9.17, 15) is 9.59 Å². The van der Waals surface area contributed by atoms with Crippen molar-refractivity contribution >= 4 is 17.6 Å². The van der Waals surface area contributed by atoms with Crippen LogP contribution in [0.5, 0.6) is 0 Å². The first-order valence-electron chi connectivity index (χ1n) is 9.28. The Hall–Kier alpha value is -2.08. The minimum atomic E-state index is -0.663. The number of amides is 3. The Kier molecular flexibility index (Phi) is 5.58. The zero-order chi connectivity index (χ0) is 17.7. The van der Waals surface area contributed by atoms with Crippen molar-refractivity contribution in [1.82, 2.24) is 10.2 Å². The maximum atomic E-state index is 12.7. The molecule has 0 bridgehead atoms. The smallest absolute Gasteiger partial charge is 0.319 e. The van der Waals surface area contributed by atoms with Gasteiger partial charge in [-0.15, -0.1) is 0 Å². The van der Waals surface area contributed by atoms with E-state index in [1.165, 1.54) is 6.42 Å². The van der Waals surface area contributed by atoms with E-state index in [1.807, 2.05) is 35.2 Å². The van der Waals surface area contributed by atoms with Gasteiger partial charge in [0.05, 0.1) is 5.54 Å². The molecule has 1 saturated carbocycles. The van der Waals surface area contributed by atoms with Crippen LogP contribution in [-0.2, 0) is 4.79 Å². The van der Waals surface area contributed by atoms with Crippen LogP contribution in [0.2, 0.25) is 0 Å². The Morgan fingerprint density at radius 2 is 1.68 bits per heavy atom.